The standard InChI is InChI=1S/C17H18BrClS/c18-16-8-6-13(12-4-2-1-3-5-12)10-14(16)11-15-7-9-17(19)20-15/h1-5,7,9,13-14,16H,6,8,10-11H2. The Hall–Kier alpha value is -0.310. The Morgan fingerprint density at radius 2 is 1.90 bits per heavy atom. The van der Waals surface area contributed by atoms with Gasteiger partial charge in [-0.1, -0.05) is 57.9 Å². The van der Waals surface area contributed by atoms with E-state index in [1.54, 1.807) is 11.3 Å². The zero-order valence-electron chi connectivity index (χ0n) is 11.3. The van der Waals surface area contributed by atoms with Gasteiger partial charge in [0, 0.05) is 9.70 Å². The fraction of sp³-hybridized carbons (Fsp3) is 0.412. The molecule has 1 fully saturated rings. The van der Waals surface area contributed by atoms with Crippen molar-refractivity contribution >= 4 is 38.9 Å². The van der Waals surface area contributed by atoms with E-state index < -0.39 is 0 Å². The molecule has 1 aliphatic rings. The summed E-state index contributed by atoms with van der Waals surface area (Å²) in [5, 5.41) is 0. The summed E-state index contributed by atoms with van der Waals surface area (Å²) in [6.07, 6.45) is 4.98. The number of hydrogen-bond donors (Lipinski definition) is 0. The molecule has 0 nitrogen and oxygen atoms in total. The molecule has 20 heavy (non-hydrogen) atoms. The maximum Gasteiger partial charge on any atom is 0.0931 e. The fourth-order valence-corrected chi connectivity index (χ4v) is 5.03. The highest BCUT2D eigenvalue weighted by molar-refractivity contribution is 9.09. The average Bonchev–Trinajstić information content (AvgIpc) is 2.88. The first-order chi connectivity index (χ1) is 9.72. The van der Waals surface area contributed by atoms with Crippen LogP contribution >= 0.6 is 38.9 Å². The maximum absolute atomic E-state index is 6.05. The molecule has 0 amide bonds. The second-order valence-electron chi connectivity index (χ2n) is 5.61. The van der Waals surface area contributed by atoms with Crippen LogP contribution in [0.4, 0.5) is 0 Å². The number of halogens is 2. The third-order valence-electron chi connectivity index (χ3n) is 4.25. The largest absolute Gasteiger partial charge is 0.128 e. The topological polar surface area (TPSA) is 0 Å². The Bertz CT molecular complexity index is 551. The van der Waals surface area contributed by atoms with Crippen molar-refractivity contribution in [2.24, 2.45) is 5.92 Å². The number of hydrogen-bond acceptors (Lipinski definition) is 1. The van der Waals surface area contributed by atoms with Gasteiger partial charge in [-0.25, -0.2) is 0 Å². The Kier molecular flexibility index (Phi) is 4.85. The van der Waals surface area contributed by atoms with E-state index in [0.29, 0.717) is 16.7 Å². The van der Waals surface area contributed by atoms with Crippen LogP contribution in [0.5, 0.6) is 0 Å². The number of thiophene rings is 1. The summed E-state index contributed by atoms with van der Waals surface area (Å²) in [5.74, 6) is 1.43. The molecule has 106 valence electrons. The van der Waals surface area contributed by atoms with E-state index in [4.69, 9.17) is 11.6 Å². The fourth-order valence-electron chi connectivity index (χ4n) is 3.19. The van der Waals surface area contributed by atoms with Crippen molar-refractivity contribution in [1.82, 2.24) is 0 Å². The Morgan fingerprint density at radius 3 is 2.60 bits per heavy atom. The molecule has 0 spiro atoms. The molecule has 0 saturated heterocycles. The highest BCUT2D eigenvalue weighted by Crippen LogP contribution is 2.41. The molecule has 3 atom stereocenters. The first kappa shape index (κ1) is 14.6. The minimum absolute atomic E-state index is 0.642. The van der Waals surface area contributed by atoms with Gasteiger partial charge in [-0.15, -0.1) is 11.3 Å². The van der Waals surface area contributed by atoms with Gasteiger partial charge < -0.3 is 0 Å². The van der Waals surface area contributed by atoms with E-state index in [0.717, 1.165) is 10.8 Å². The summed E-state index contributed by atoms with van der Waals surface area (Å²) in [4.78, 5) is 2.06. The second-order valence-corrected chi connectivity index (χ2v) is 8.58. The van der Waals surface area contributed by atoms with Gasteiger partial charge in [-0.3, -0.25) is 0 Å². The second kappa shape index (κ2) is 6.64. The first-order valence-electron chi connectivity index (χ1n) is 7.15. The lowest BCUT2D eigenvalue weighted by Crippen LogP contribution is -2.25. The van der Waals surface area contributed by atoms with Gasteiger partial charge in [-0.2, -0.15) is 0 Å². The van der Waals surface area contributed by atoms with Crippen LogP contribution in [0.25, 0.3) is 0 Å². The van der Waals surface area contributed by atoms with Crippen LogP contribution in [-0.4, -0.2) is 4.83 Å². The molecule has 1 saturated carbocycles. The van der Waals surface area contributed by atoms with Gasteiger partial charge >= 0.3 is 0 Å². The molecule has 1 aromatic carbocycles. The smallest absolute Gasteiger partial charge is 0.0931 e. The highest BCUT2D eigenvalue weighted by Gasteiger charge is 2.29. The van der Waals surface area contributed by atoms with Gasteiger partial charge in [0.2, 0.25) is 0 Å². The summed E-state index contributed by atoms with van der Waals surface area (Å²) in [6.45, 7) is 0. The van der Waals surface area contributed by atoms with E-state index >= 15 is 0 Å². The average molecular weight is 370 g/mol. The van der Waals surface area contributed by atoms with Crippen LogP contribution in [0.1, 0.15) is 35.6 Å². The van der Waals surface area contributed by atoms with Crippen LogP contribution in [-0.2, 0) is 6.42 Å². The summed E-state index contributed by atoms with van der Waals surface area (Å²) in [7, 11) is 0. The Morgan fingerprint density at radius 1 is 1.10 bits per heavy atom. The number of rotatable bonds is 3. The lowest BCUT2D eigenvalue weighted by atomic mass is 9.76. The molecule has 1 heterocycles. The van der Waals surface area contributed by atoms with Gasteiger partial charge in [0.05, 0.1) is 4.34 Å². The van der Waals surface area contributed by atoms with Crippen LogP contribution < -0.4 is 0 Å². The van der Waals surface area contributed by atoms with Crippen molar-refractivity contribution in [2.75, 3.05) is 0 Å². The van der Waals surface area contributed by atoms with Crippen LogP contribution in [0.2, 0.25) is 4.34 Å². The minimum atomic E-state index is 0.642. The minimum Gasteiger partial charge on any atom is -0.128 e. The maximum atomic E-state index is 6.05. The monoisotopic (exact) mass is 368 g/mol. The summed E-state index contributed by atoms with van der Waals surface area (Å²) >= 11 is 11.7. The first-order valence-corrected chi connectivity index (χ1v) is 9.26. The molecule has 3 rings (SSSR count). The predicted octanol–water partition coefficient (Wildman–Crippen LogP) is 6.29. The molecular weight excluding hydrogens is 352 g/mol. The zero-order chi connectivity index (χ0) is 13.9. The van der Waals surface area contributed by atoms with E-state index in [1.165, 1.54) is 29.7 Å². The van der Waals surface area contributed by atoms with Crippen LogP contribution in [0.15, 0.2) is 42.5 Å². The van der Waals surface area contributed by atoms with Gasteiger partial charge in [-0.05, 0) is 55.2 Å². The SMILES string of the molecule is Clc1ccc(CC2CC(c3ccccc3)CCC2Br)s1. The molecular formula is C17H18BrClS. The highest BCUT2D eigenvalue weighted by atomic mass is 79.9. The van der Waals surface area contributed by atoms with Crippen molar-refractivity contribution in [3.05, 3.63) is 57.2 Å². The lowest BCUT2D eigenvalue weighted by molar-refractivity contribution is 0.336. The molecule has 1 aromatic heterocycles. The molecule has 0 N–H and O–H groups in total. The van der Waals surface area contributed by atoms with Gasteiger partial charge in [0.1, 0.15) is 0 Å². The summed E-state index contributed by atoms with van der Waals surface area (Å²) < 4.78 is 0.904. The molecule has 2 aromatic rings. The molecule has 0 bridgehead atoms. The quantitative estimate of drug-likeness (QED) is 0.557. The van der Waals surface area contributed by atoms with Crippen molar-refractivity contribution in [3.63, 3.8) is 0 Å². The number of benzene rings is 1. The van der Waals surface area contributed by atoms with Crippen molar-refractivity contribution < 1.29 is 0 Å². The van der Waals surface area contributed by atoms with Gasteiger partial charge in [0.25, 0.3) is 0 Å². The lowest BCUT2D eigenvalue weighted by Gasteiger charge is -2.33. The number of alkyl halides is 1. The third kappa shape index (κ3) is 3.47. The third-order valence-corrected chi connectivity index (χ3v) is 6.71. The van der Waals surface area contributed by atoms with Crippen molar-refractivity contribution in [1.29, 1.82) is 0 Å². The molecule has 3 heteroatoms. The predicted molar refractivity (Wildman–Crippen MR) is 92.3 cm³/mol. The summed E-state index contributed by atoms with van der Waals surface area (Å²) in [5.41, 5.74) is 1.50. The molecule has 0 aliphatic heterocycles. The molecule has 1 aliphatic carbocycles. The van der Waals surface area contributed by atoms with Crippen molar-refractivity contribution in [2.45, 2.75) is 36.4 Å². The Balaban J connectivity index is 1.70. The molecule has 0 radical (unpaired) electrons. The van der Waals surface area contributed by atoms with E-state index in [-0.39, 0.29) is 0 Å². The van der Waals surface area contributed by atoms with Crippen molar-refractivity contribution in [3.8, 4) is 0 Å². The van der Waals surface area contributed by atoms with Crippen LogP contribution in [0, 0.1) is 5.92 Å². The zero-order valence-corrected chi connectivity index (χ0v) is 14.4. The normalized spacial score (nSPS) is 26.6. The summed E-state index contributed by atoms with van der Waals surface area (Å²) in [6, 6.07) is 15.2. The van der Waals surface area contributed by atoms with E-state index in [9.17, 15) is 0 Å². The molecule has 3 unspecified atom stereocenters. The van der Waals surface area contributed by atoms with Gasteiger partial charge in [0.15, 0.2) is 0 Å². The van der Waals surface area contributed by atoms with Crippen LogP contribution in [0.3, 0.4) is 0 Å². The van der Waals surface area contributed by atoms with E-state index in [2.05, 4.69) is 52.3 Å². The van der Waals surface area contributed by atoms with E-state index in [1.807, 2.05) is 6.07 Å². The Labute approximate surface area is 138 Å².